The summed E-state index contributed by atoms with van der Waals surface area (Å²) in [4.78, 5) is 19.1. The molecule has 8 heteroatoms. The van der Waals surface area contributed by atoms with Crippen molar-refractivity contribution >= 4 is 17.0 Å². The van der Waals surface area contributed by atoms with Crippen molar-refractivity contribution in [1.82, 2.24) is 9.97 Å². The summed E-state index contributed by atoms with van der Waals surface area (Å²) < 4.78 is 58.3. The number of esters is 1. The van der Waals surface area contributed by atoms with Gasteiger partial charge in [0.15, 0.2) is 11.3 Å². The van der Waals surface area contributed by atoms with E-state index in [1.165, 1.54) is 6.92 Å². The van der Waals surface area contributed by atoms with Crippen LogP contribution in [0.3, 0.4) is 0 Å². The quantitative estimate of drug-likeness (QED) is 0.617. The number of ether oxygens (including phenoxy) is 1. The van der Waals surface area contributed by atoms with Gasteiger partial charge in [-0.3, -0.25) is 0 Å². The predicted molar refractivity (Wildman–Crippen MR) is 79.0 cm³/mol. The number of halogens is 4. The lowest BCUT2D eigenvalue weighted by atomic mass is 10.1. The maximum atomic E-state index is 14.1. The maximum Gasteiger partial charge on any atom is 0.434 e. The van der Waals surface area contributed by atoms with Crippen LogP contribution in [-0.2, 0) is 17.3 Å². The zero-order valence-corrected chi connectivity index (χ0v) is 13.4. The van der Waals surface area contributed by atoms with Crippen molar-refractivity contribution in [3.05, 3.63) is 34.9 Å². The monoisotopic (exact) mass is 344 g/mol. The Kier molecular flexibility index (Phi) is 5.05. The first-order valence-corrected chi connectivity index (χ1v) is 7.38. The highest BCUT2D eigenvalue weighted by Crippen LogP contribution is 2.33. The van der Waals surface area contributed by atoms with Gasteiger partial charge in [0, 0.05) is 5.39 Å². The van der Waals surface area contributed by atoms with Crippen molar-refractivity contribution in [1.29, 1.82) is 0 Å². The maximum absolute atomic E-state index is 14.1. The molecule has 0 unspecified atom stereocenters. The minimum absolute atomic E-state index is 0.0102. The Morgan fingerprint density at radius 3 is 2.46 bits per heavy atom. The summed E-state index contributed by atoms with van der Waals surface area (Å²) >= 11 is 0. The number of hydrogen-bond donors (Lipinski definition) is 0. The number of fused-ring (bicyclic) bond motifs is 1. The zero-order valence-electron chi connectivity index (χ0n) is 13.4. The van der Waals surface area contributed by atoms with E-state index in [1.807, 2.05) is 13.8 Å². The zero-order chi connectivity index (χ0) is 18.1. The molecule has 24 heavy (non-hydrogen) atoms. The van der Waals surface area contributed by atoms with Crippen LogP contribution >= 0.6 is 0 Å². The lowest BCUT2D eigenvalue weighted by Crippen LogP contribution is -2.18. The molecule has 2 aromatic rings. The fourth-order valence-corrected chi connectivity index (χ4v) is 2.23. The molecule has 0 aromatic carbocycles. The Bertz CT molecular complexity index is 773. The van der Waals surface area contributed by atoms with Gasteiger partial charge in [-0.15, -0.1) is 0 Å². The van der Waals surface area contributed by atoms with Crippen LogP contribution in [0, 0.1) is 11.7 Å². The highest BCUT2D eigenvalue weighted by Gasteiger charge is 2.38. The van der Waals surface area contributed by atoms with Crippen molar-refractivity contribution in [3.63, 3.8) is 0 Å². The van der Waals surface area contributed by atoms with Gasteiger partial charge in [0.25, 0.3) is 0 Å². The topological polar surface area (TPSA) is 52.1 Å². The third-order valence-electron chi connectivity index (χ3n) is 3.20. The number of aromatic nitrogens is 2. The Morgan fingerprint density at radius 1 is 1.25 bits per heavy atom. The molecular formula is C16H16F4N2O2. The normalized spacial score (nSPS) is 12.0. The molecule has 4 nitrogen and oxygen atoms in total. The second-order valence-corrected chi connectivity index (χ2v) is 5.66. The van der Waals surface area contributed by atoms with E-state index in [4.69, 9.17) is 0 Å². The van der Waals surface area contributed by atoms with Gasteiger partial charge in [0.2, 0.25) is 0 Å². The average Bonchev–Trinajstić information content (AvgIpc) is 2.45. The number of carbonyl (C=O) groups is 1. The molecule has 0 atom stereocenters. The highest BCUT2D eigenvalue weighted by molar-refractivity contribution is 5.94. The van der Waals surface area contributed by atoms with Crippen LogP contribution in [0.4, 0.5) is 17.6 Å². The molecule has 0 bridgehead atoms. The summed E-state index contributed by atoms with van der Waals surface area (Å²) in [5.74, 6) is -1.73. The fourth-order valence-electron chi connectivity index (χ4n) is 2.23. The molecule has 0 saturated carbocycles. The second-order valence-electron chi connectivity index (χ2n) is 5.66. The van der Waals surface area contributed by atoms with E-state index >= 15 is 0 Å². The van der Waals surface area contributed by atoms with Crippen LogP contribution in [-0.4, -0.2) is 22.5 Å². The van der Waals surface area contributed by atoms with Crippen molar-refractivity contribution in [2.75, 3.05) is 6.61 Å². The van der Waals surface area contributed by atoms with Crippen LogP contribution in [0.25, 0.3) is 11.0 Å². The summed E-state index contributed by atoms with van der Waals surface area (Å²) in [6.07, 6.45) is -4.59. The molecule has 0 aliphatic heterocycles. The van der Waals surface area contributed by atoms with E-state index in [9.17, 15) is 22.4 Å². The Morgan fingerprint density at radius 2 is 1.92 bits per heavy atom. The molecule has 0 fully saturated rings. The summed E-state index contributed by atoms with van der Waals surface area (Å²) in [6, 6.07) is 1.95. The minimum Gasteiger partial charge on any atom is -0.462 e. The van der Waals surface area contributed by atoms with Crippen LogP contribution in [0.15, 0.2) is 12.1 Å². The first kappa shape index (κ1) is 18.1. The Hall–Kier alpha value is -2.25. The summed E-state index contributed by atoms with van der Waals surface area (Å²) in [7, 11) is 0. The van der Waals surface area contributed by atoms with Crippen LogP contribution in [0.5, 0.6) is 0 Å². The van der Waals surface area contributed by atoms with E-state index < -0.39 is 29.2 Å². The van der Waals surface area contributed by atoms with Crippen molar-refractivity contribution in [2.45, 2.75) is 33.4 Å². The molecule has 2 heterocycles. The third kappa shape index (κ3) is 3.80. The number of carbonyl (C=O) groups excluding carboxylic acids is 1. The third-order valence-corrected chi connectivity index (χ3v) is 3.20. The smallest absolute Gasteiger partial charge is 0.434 e. The van der Waals surface area contributed by atoms with E-state index in [0.29, 0.717) is 0 Å². The second kappa shape index (κ2) is 6.70. The van der Waals surface area contributed by atoms with Gasteiger partial charge in [0.1, 0.15) is 5.82 Å². The summed E-state index contributed by atoms with van der Waals surface area (Å²) in [5, 5.41) is 0.0102. The van der Waals surface area contributed by atoms with Crippen LogP contribution in [0.2, 0.25) is 0 Å². The van der Waals surface area contributed by atoms with E-state index in [0.717, 1.165) is 12.1 Å². The minimum atomic E-state index is -4.86. The molecule has 130 valence electrons. The van der Waals surface area contributed by atoms with E-state index in [1.54, 1.807) is 0 Å². The van der Waals surface area contributed by atoms with Gasteiger partial charge in [-0.25, -0.2) is 19.2 Å². The first-order valence-electron chi connectivity index (χ1n) is 7.38. The number of pyridine rings is 2. The van der Waals surface area contributed by atoms with Gasteiger partial charge in [-0.05, 0) is 31.4 Å². The van der Waals surface area contributed by atoms with Crippen LogP contribution in [0.1, 0.15) is 42.5 Å². The standard InChI is InChI=1S/C16H16F4N2O2/c1-4-24-15(23)10-6-9-7-11(17)12(5-8(2)3)21-14(9)22-13(10)16(18,19)20/h6-8H,4-5H2,1-3H3. The van der Waals surface area contributed by atoms with Gasteiger partial charge >= 0.3 is 12.1 Å². The summed E-state index contributed by atoms with van der Waals surface area (Å²) in [5.41, 5.74) is -2.35. The van der Waals surface area contributed by atoms with Crippen molar-refractivity contribution in [3.8, 4) is 0 Å². The highest BCUT2D eigenvalue weighted by atomic mass is 19.4. The number of nitrogens with zero attached hydrogens (tertiary/aromatic N) is 2. The van der Waals surface area contributed by atoms with Crippen molar-refractivity contribution < 1.29 is 27.1 Å². The largest absolute Gasteiger partial charge is 0.462 e. The number of alkyl halides is 3. The lowest BCUT2D eigenvalue weighted by molar-refractivity contribution is -0.141. The SMILES string of the molecule is CCOC(=O)c1cc2cc(F)c(CC(C)C)nc2nc1C(F)(F)F. The van der Waals surface area contributed by atoms with E-state index in [-0.39, 0.29) is 35.7 Å². The molecule has 2 aromatic heterocycles. The molecule has 0 saturated heterocycles. The van der Waals surface area contributed by atoms with Gasteiger partial charge in [0.05, 0.1) is 17.9 Å². The molecule has 0 aliphatic rings. The molecule has 0 aliphatic carbocycles. The van der Waals surface area contributed by atoms with Gasteiger partial charge in [-0.2, -0.15) is 13.2 Å². The van der Waals surface area contributed by atoms with E-state index in [2.05, 4.69) is 14.7 Å². The lowest BCUT2D eigenvalue weighted by Gasteiger charge is -2.13. The molecule has 0 N–H and O–H groups in total. The van der Waals surface area contributed by atoms with Crippen molar-refractivity contribution in [2.24, 2.45) is 5.92 Å². The number of rotatable bonds is 4. The summed E-state index contributed by atoms with van der Waals surface area (Å²) in [6.45, 7) is 5.06. The Labute approximate surface area is 135 Å². The molecule has 0 amide bonds. The van der Waals surface area contributed by atoms with Gasteiger partial charge in [-0.1, -0.05) is 13.8 Å². The average molecular weight is 344 g/mol. The molecule has 0 radical (unpaired) electrons. The Balaban J connectivity index is 2.68. The first-order chi connectivity index (χ1) is 11.1. The number of hydrogen-bond acceptors (Lipinski definition) is 4. The van der Waals surface area contributed by atoms with Gasteiger partial charge < -0.3 is 4.74 Å². The molecular weight excluding hydrogens is 328 g/mol. The molecule has 0 spiro atoms. The predicted octanol–water partition coefficient (Wildman–Crippen LogP) is 4.16. The van der Waals surface area contributed by atoms with Crippen LogP contribution < -0.4 is 0 Å². The fraction of sp³-hybridized carbons (Fsp3) is 0.438. The molecule has 2 rings (SSSR count).